The van der Waals surface area contributed by atoms with Crippen LogP contribution in [0.5, 0.6) is 0 Å². The Hall–Kier alpha value is -1.69. The van der Waals surface area contributed by atoms with Gasteiger partial charge < -0.3 is 0 Å². The lowest BCUT2D eigenvalue weighted by Gasteiger charge is -2.28. The molecule has 1 saturated carbocycles. The summed E-state index contributed by atoms with van der Waals surface area (Å²) in [5.41, 5.74) is 7.53. The second-order valence-corrected chi connectivity index (χ2v) is 8.21. The van der Waals surface area contributed by atoms with E-state index in [2.05, 4.69) is 30.5 Å². The van der Waals surface area contributed by atoms with Crippen LogP contribution in [-0.4, -0.2) is 16.0 Å². The van der Waals surface area contributed by atoms with Crippen LogP contribution in [0.3, 0.4) is 0 Å². The lowest BCUT2D eigenvalue weighted by Crippen LogP contribution is -2.37. The van der Waals surface area contributed by atoms with Crippen molar-refractivity contribution in [3.05, 3.63) is 70.1 Å². The fourth-order valence-corrected chi connectivity index (χ4v) is 4.23. The summed E-state index contributed by atoms with van der Waals surface area (Å²) in [4.78, 5) is 9.82. The number of benzene rings is 2. The van der Waals surface area contributed by atoms with Gasteiger partial charge in [-0.15, -0.1) is 24.8 Å². The third-order valence-corrected chi connectivity index (χ3v) is 6.11. The summed E-state index contributed by atoms with van der Waals surface area (Å²) in [6, 6.07) is 14.8. The number of aromatic nitrogens is 2. The van der Waals surface area contributed by atoms with Gasteiger partial charge in [0.1, 0.15) is 0 Å². The van der Waals surface area contributed by atoms with E-state index in [0.29, 0.717) is 12.0 Å². The molecule has 4 rings (SSSR count). The standard InChI is InChI=1S/C24H27ClN4.2ClH/c1-2-16-5-13-22-21(15-16)24(18-7-11-20(29-26)12-8-18)28-23(27-22)14-6-17-3-9-19(25)10-4-17;;/h3-6,9-10,13-15,18,20,29H,2,7-8,11-12,26H2,1H3;2*1H/t18-,20+;;. The van der Waals surface area contributed by atoms with Crippen LogP contribution in [0.25, 0.3) is 23.1 Å². The maximum atomic E-state index is 5.99. The summed E-state index contributed by atoms with van der Waals surface area (Å²) < 4.78 is 0. The zero-order valence-electron chi connectivity index (χ0n) is 17.6. The molecule has 0 aliphatic heterocycles. The third kappa shape index (κ3) is 6.18. The smallest absolute Gasteiger partial charge is 0.152 e. The molecular weight excluding hydrogens is 451 g/mol. The summed E-state index contributed by atoms with van der Waals surface area (Å²) in [5, 5.41) is 1.93. The van der Waals surface area contributed by atoms with Gasteiger partial charge in [0.15, 0.2) is 5.82 Å². The molecule has 1 aromatic heterocycles. The summed E-state index contributed by atoms with van der Waals surface area (Å²) in [6.45, 7) is 2.18. The number of nitrogens with one attached hydrogen (secondary N) is 1. The lowest BCUT2D eigenvalue weighted by atomic mass is 9.83. The molecule has 0 amide bonds. The second-order valence-electron chi connectivity index (χ2n) is 7.77. The number of hydrogen-bond donors (Lipinski definition) is 2. The Morgan fingerprint density at radius 2 is 1.71 bits per heavy atom. The zero-order chi connectivity index (χ0) is 20.2. The van der Waals surface area contributed by atoms with Gasteiger partial charge in [-0.25, -0.2) is 9.97 Å². The van der Waals surface area contributed by atoms with Gasteiger partial charge in [-0.1, -0.05) is 42.8 Å². The highest BCUT2D eigenvalue weighted by molar-refractivity contribution is 6.30. The third-order valence-electron chi connectivity index (χ3n) is 5.86. The first kappa shape index (κ1) is 25.6. The average Bonchev–Trinajstić information content (AvgIpc) is 2.78. The molecular formula is C24H29Cl3N4. The van der Waals surface area contributed by atoms with Crippen molar-refractivity contribution >= 4 is 59.5 Å². The van der Waals surface area contributed by atoms with E-state index in [1.807, 2.05) is 36.4 Å². The van der Waals surface area contributed by atoms with Crippen LogP contribution in [0.4, 0.5) is 0 Å². The fraction of sp³-hybridized carbons (Fsp3) is 0.333. The van der Waals surface area contributed by atoms with E-state index in [9.17, 15) is 0 Å². The van der Waals surface area contributed by atoms with Crippen LogP contribution >= 0.6 is 36.4 Å². The Kier molecular flexibility index (Phi) is 9.73. The Labute approximate surface area is 201 Å². The molecule has 1 fully saturated rings. The summed E-state index contributed by atoms with van der Waals surface area (Å²) in [5.74, 6) is 6.85. The van der Waals surface area contributed by atoms with Crippen molar-refractivity contribution in [2.45, 2.75) is 51.0 Å². The number of halogens is 3. The van der Waals surface area contributed by atoms with Crippen molar-refractivity contribution in [3.8, 4) is 0 Å². The molecule has 2 aromatic carbocycles. The molecule has 1 aliphatic carbocycles. The molecule has 0 atom stereocenters. The van der Waals surface area contributed by atoms with Gasteiger partial charge in [0.2, 0.25) is 0 Å². The van der Waals surface area contributed by atoms with Gasteiger partial charge in [-0.05, 0) is 73.6 Å². The highest BCUT2D eigenvalue weighted by atomic mass is 35.5. The lowest BCUT2D eigenvalue weighted by molar-refractivity contribution is 0.344. The predicted octanol–water partition coefficient (Wildman–Crippen LogP) is 6.35. The second kappa shape index (κ2) is 11.8. The van der Waals surface area contributed by atoms with Gasteiger partial charge in [-0.3, -0.25) is 11.3 Å². The van der Waals surface area contributed by atoms with Crippen LogP contribution in [0.15, 0.2) is 42.5 Å². The van der Waals surface area contributed by atoms with E-state index in [4.69, 9.17) is 27.4 Å². The maximum Gasteiger partial charge on any atom is 0.152 e. The molecule has 0 unspecified atom stereocenters. The Morgan fingerprint density at radius 3 is 2.35 bits per heavy atom. The van der Waals surface area contributed by atoms with Crippen LogP contribution in [-0.2, 0) is 6.42 Å². The summed E-state index contributed by atoms with van der Waals surface area (Å²) >= 11 is 5.99. The Morgan fingerprint density at radius 1 is 1.00 bits per heavy atom. The number of nitrogens with zero attached hydrogens (tertiary/aromatic N) is 2. The average molecular weight is 480 g/mol. The van der Waals surface area contributed by atoms with E-state index in [-0.39, 0.29) is 24.8 Å². The van der Waals surface area contributed by atoms with Crippen molar-refractivity contribution < 1.29 is 0 Å². The molecule has 3 N–H and O–H groups in total. The quantitative estimate of drug-likeness (QED) is 0.330. The first-order chi connectivity index (χ1) is 14.2. The predicted molar refractivity (Wildman–Crippen MR) is 136 cm³/mol. The molecule has 1 aliphatic rings. The van der Waals surface area contributed by atoms with Crippen LogP contribution < -0.4 is 11.3 Å². The first-order valence-electron chi connectivity index (χ1n) is 10.4. The van der Waals surface area contributed by atoms with Crippen molar-refractivity contribution in [1.29, 1.82) is 0 Å². The highest BCUT2D eigenvalue weighted by Gasteiger charge is 2.24. The van der Waals surface area contributed by atoms with Crippen molar-refractivity contribution in [2.24, 2.45) is 5.84 Å². The van der Waals surface area contributed by atoms with Gasteiger partial charge in [0.25, 0.3) is 0 Å². The molecule has 0 radical (unpaired) electrons. The molecule has 0 saturated heterocycles. The van der Waals surface area contributed by atoms with E-state index in [1.54, 1.807) is 0 Å². The summed E-state index contributed by atoms with van der Waals surface area (Å²) in [6.07, 6.45) is 9.39. The molecule has 31 heavy (non-hydrogen) atoms. The molecule has 0 spiro atoms. The largest absolute Gasteiger partial charge is 0.271 e. The van der Waals surface area contributed by atoms with E-state index < -0.39 is 0 Å². The van der Waals surface area contributed by atoms with Crippen LogP contribution in [0.1, 0.15) is 61.2 Å². The first-order valence-corrected chi connectivity index (χ1v) is 10.7. The molecule has 0 bridgehead atoms. The zero-order valence-corrected chi connectivity index (χ0v) is 19.9. The molecule has 3 aromatic rings. The topological polar surface area (TPSA) is 63.8 Å². The monoisotopic (exact) mass is 478 g/mol. The number of fused-ring (bicyclic) bond motifs is 1. The van der Waals surface area contributed by atoms with Gasteiger partial charge >= 0.3 is 0 Å². The van der Waals surface area contributed by atoms with Crippen molar-refractivity contribution in [1.82, 2.24) is 15.4 Å². The van der Waals surface area contributed by atoms with E-state index in [0.717, 1.165) is 54.0 Å². The van der Waals surface area contributed by atoms with Crippen LogP contribution in [0.2, 0.25) is 5.02 Å². The molecule has 4 nitrogen and oxygen atoms in total. The SMILES string of the molecule is CCc1ccc2nc(C=Cc3ccc(Cl)cc3)nc([C@H]3CC[C@@H](NN)CC3)c2c1.Cl.Cl. The van der Waals surface area contributed by atoms with Crippen molar-refractivity contribution in [3.63, 3.8) is 0 Å². The molecule has 1 heterocycles. The normalized spacial score (nSPS) is 18.5. The number of rotatable bonds is 5. The van der Waals surface area contributed by atoms with Gasteiger partial charge in [0.05, 0.1) is 11.2 Å². The minimum absolute atomic E-state index is 0. The molecule has 166 valence electrons. The number of aryl methyl sites for hydroxylation is 1. The van der Waals surface area contributed by atoms with E-state index >= 15 is 0 Å². The number of hydrogen-bond acceptors (Lipinski definition) is 4. The Balaban J connectivity index is 0.00000171. The van der Waals surface area contributed by atoms with Crippen molar-refractivity contribution in [2.75, 3.05) is 0 Å². The summed E-state index contributed by atoms with van der Waals surface area (Å²) in [7, 11) is 0. The van der Waals surface area contributed by atoms with Gasteiger partial charge in [0, 0.05) is 22.4 Å². The minimum atomic E-state index is 0. The molecule has 7 heteroatoms. The number of nitrogens with two attached hydrogens (primary N) is 1. The number of hydrazine groups is 1. The van der Waals surface area contributed by atoms with Gasteiger partial charge in [-0.2, -0.15) is 0 Å². The van der Waals surface area contributed by atoms with Crippen LogP contribution in [0, 0.1) is 0 Å². The Bertz CT molecular complexity index is 1010. The minimum Gasteiger partial charge on any atom is -0.271 e. The highest BCUT2D eigenvalue weighted by Crippen LogP contribution is 2.35. The maximum absolute atomic E-state index is 5.99. The fourth-order valence-electron chi connectivity index (χ4n) is 4.10. The van der Waals surface area contributed by atoms with E-state index in [1.165, 1.54) is 16.6 Å².